The first kappa shape index (κ1) is 32.0. The van der Waals surface area contributed by atoms with Crippen molar-refractivity contribution in [1.82, 2.24) is 9.88 Å². The van der Waals surface area contributed by atoms with Crippen molar-refractivity contribution in [3.05, 3.63) is 90.0 Å². The normalized spacial score (nSPS) is 13.5. The van der Waals surface area contributed by atoms with Gasteiger partial charge in [-0.3, -0.25) is 14.5 Å². The number of carbonyl (C=O) groups is 3. The minimum Gasteiger partial charge on any atom is -0.475 e. The van der Waals surface area contributed by atoms with Crippen LogP contribution in [0.25, 0.3) is 33.3 Å². The zero-order chi connectivity index (χ0) is 32.0. The third kappa shape index (κ3) is 7.52. The number of carboxylic acids is 1. The Kier molecular flexibility index (Phi) is 9.87. The molecule has 1 fully saturated rings. The number of rotatable bonds is 7. The number of ether oxygens (including phenoxy) is 1. The highest BCUT2D eigenvalue weighted by Crippen LogP contribution is 2.37. The molecule has 1 aliphatic rings. The van der Waals surface area contributed by atoms with Gasteiger partial charge in [-0.05, 0) is 59.0 Å². The van der Waals surface area contributed by atoms with Gasteiger partial charge in [-0.15, -0.1) is 0 Å². The van der Waals surface area contributed by atoms with Crippen LogP contribution in [-0.2, 0) is 20.9 Å². The lowest BCUT2D eigenvalue weighted by molar-refractivity contribution is -0.192. The second-order valence-corrected chi connectivity index (χ2v) is 10.1. The van der Waals surface area contributed by atoms with Gasteiger partial charge in [0.05, 0.1) is 24.3 Å². The van der Waals surface area contributed by atoms with Crippen molar-refractivity contribution in [1.29, 1.82) is 0 Å². The highest BCUT2D eigenvalue weighted by atomic mass is 19.4. The molecule has 4 aromatic rings. The fourth-order valence-electron chi connectivity index (χ4n) is 4.87. The molecule has 0 saturated carbocycles. The van der Waals surface area contributed by atoms with Crippen molar-refractivity contribution >= 4 is 34.4 Å². The topological polar surface area (TPSA) is 138 Å². The van der Waals surface area contributed by atoms with Crippen molar-refractivity contribution in [2.24, 2.45) is 5.73 Å². The molecular formula is C32H31F3N4O5. The third-order valence-electron chi connectivity index (χ3n) is 7.14. The molecule has 230 valence electrons. The lowest BCUT2D eigenvalue weighted by Crippen LogP contribution is -2.35. The minimum absolute atomic E-state index is 0.268. The second-order valence-electron chi connectivity index (χ2n) is 10.1. The van der Waals surface area contributed by atoms with Crippen molar-refractivity contribution in [3.8, 4) is 22.4 Å². The van der Waals surface area contributed by atoms with E-state index in [0.717, 1.165) is 66.2 Å². The van der Waals surface area contributed by atoms with Gasteiger partial charge in [-0.25, -0.2) is 4.79 Å². The smallest absolute Gasteiger partial charge is 0.475 e. The van der Waals surface area contributed by atoms with Crippen LogP contribution in [0.15, 0.2) is 73.3 Å². The molecule has 2 amide bonds. The molecule has 44 heavy (non-hydrogen) atoms. The maximum atomic E-state index is 12.2. The van der Waals surface area contributed by atoms with Gasteiger partial charge in [0.25, 0.3) is 5.91 Å². The number of carbonyl (C=O) groups excluding carboxylic acids is 2. The first-order valence-corrected chi connectivity index (χ1v) is 13.6. The zero-order valence-corrected chi connectivity index (χ0v) is 23.8. The van der Waals surface area contributed by atoms with E-state index < -0.39 is 18.1 Å². The van der Waals surface area contributed by atoms with Gasteiger partial charge in [0, 0.05) is 36.4 Å². The van der Waals surface area contributed by atoms with Crippen molar-refractivity contribution in [3.63, 3.8) is 0 Å². The summed E-state index contributed by atoms with van der Waals surface area (Å²) in [5.41, 5.74) is 13.5. The summed E-state index contributed by atoms with van der Waals surface area (Å²) in [4.78, 5) is 38.9. The first-order chi connectivity index (χ1) is 20.9. The molecule has 0 atom stereocenters. The maximum Gasteiger partial charge on any atom is 0.490 e. The minimum atomic E-state index is -5.08. The number of hydrogen-bond acceptors (Lipinski definition) is 5. The zero-order valence-electron chi connectivity index (χ0n) is 23.8. The maximum absolute atomic E-state index is 12.2. The Morgan fingerprint density at radius 1 is 1.07 bits per heavy atom. The summed E-state index contributed by atoms with van der Waals surface area (Å²) >= 11 is 0. The van der Waals surface area contributed by atoms with E-state index >= 15 is 0 Å². The number of H-pyrrole nitrogens is 1. The molecule has 1 aromatic heterocycles. The molecule has 3 aromatic carbocycles. The fraction of sp³-hybridized carbons (Fsp3) is 0.219. The number of aromatic amines is 1. The standard InChI is InChI=1S/C30H30N4O3.C2HF3O2/c1-3-28(35)32-26-6-4-5-22(19(26)2)23-11-12-24(30(31)36)29-25(23)17-27(33-29)21-9-7-20(8-10-21)18-34-13-15-37-16-14-34;3-2(4,5)1(6)7/h3-12,17,33H,1,13-16,18H2,2H3,(H2,31,36)(H,32,35);(H,6,7). The molecule has 9 nitrogen and oxygen atoms in total. The average Bonchev–Trinajstić information content (AvgIpc) is 3.44. The molecule has 5 rings (SSSR count). The third-order valence-corrected chi connectivity index (χ3v) is 7.14. The van der Waals surface area contributed by atoms with E-state index in [1.165, 1.54) is 11.6 Å². The molecule has 12 heteroatoms. The average molecular weight is 609 g/mol. The van der Waals surface area contributed by atoms with Gasteiger partial charge < -0.3 is 25.9 Å². The van der Waals surface area contributed by atoms with Gasteiger partial charge in [-0.1, -0.05) is 49.0 Å². The molecule has 0 spiro atoms. The van der Waals surface area contributed by atoms with Crippen LogP contribution in [0.4, 0.5) is 18.9 Å². The molecular weight excluding hydrogens is 577 g/mol. The van der Waals surface area contributed by atoms with Crippen LogP contribution < -0.4 is 11.1 Å². The summed E-state index contributed by atoms with van der Waals surface area (Å²) in [6.07, 6.45) is -3.84. The number of aromatic nitrogens is 1. The monoisotopic (exact) mass is 608 g/mol. The summed E-state index contributed by atoms with van der Waals surface area (Å²) in [6, 6.07) is 20.0. The van der Waals surface area contributed by atoms with Crippen LogP contribution in [-0.4, -0.2) is 65.3 Å². The van der Waals surface area contributed by atoms with E-state index in [2.05, 4.69) is 52.1 Å². The van der Waals surface area contributed by atoms with E-state index in [-0.39, 0.29) is 5.91 Å². The van der Waals surface area contributed by atoms with Gasteiger partial charge in [0.2, 0.25) is 5.91 Å². The number of nitrogens with one attached hydrogen (secondary N) is 2. The Labute approximate surface area is 251 Å². The summed E-state index contributed by atoms with van der Waals surface area (Å²) < 4.78 is 37.2. The summed E-state index contributed by atoms with van der Waals surface area (Å²) in [5.74, 6) is -3.52. The SMILES string of the molecule is C=CC(=O)Nc1cccc(-c2ccc(C(N)=O)c3[nH]c(-c4ccc(CN5CCOCC5)cc4)cc23)c1C.O=C(O)C(F)(F)F. The van der Waals surface area contributed by atoms with Crippen LogP contribution in [0.1, 0.15) is 21.5 Å². The summed E-state index contributed by atoms with van der Waals surface area (Å²) in [6.45, 7) is 9.83. The number of halogens is 3. The van der Waals surface area contributed by atoms with Gasteiger partial charge >= 0.3 is 12.1 Å². The number of alkyl halides is 3. The fourth-order valence-corrected chi connectivity index (χ4v) is 4.87. The van der Waals surface area contributed by atoms with Gasteiger partial charge in [-0.2, -0.15) is 13.2 Å². The quantitative estimate of drug-likeness (QED) is 0.205. The number of benzene rings is 3. The van der Waals surface area contributed by atoms with E-state index in [0.29, 0.717) is 16.8 Å². The molecule has 1 saturated heterocycles. The van der Waals surface area contributed by atoms with Crippen LogP contribution in [0.5, 0.6) is 0 Å². The highest BCUT2D eigenvalue weighted by Gasteiger charge is 2.38. The summed E-state index contributed by atoms with van der Waals surface area (Å²) in [7, 11) is 0. The molecule has 0 bridgehead atoms. The van der Waals surface area contributed by atoms with Gasteiger partial charge in [0.15, 0.2) is 0 Å². The lowest BCUT2D eigenvalue weighted by Gasteiger charge is -2.26. The molecule has 0 aliphatic carbocycles. The number of anilines is 1. The number of aliphatic carboxylic acids is 1. The van der Waals surface area contributed by atoms with Crippen LogP contribution in [0, 0.1) is 6.92 Å². The Hall–Kier alpha value is -4.94. The number of amides is 2. The lowest BCUT2D eigenvalue weighted by atomic mass is 9.94. The Balaban J connectivity index is 0.000000566. The first-order valence-electron chi connectivity index (χ1n) is 13.6. The number of morpholine rings is 1. The van der Waals surface area contributed by atoms with Crippen molar-refractivity contribution in [2.75, 3.05) is 31.6 Å². The number of hydrogen-bond donors (Lipinski definition) is 4. The predicted octanol–water partition coefficient (Wildman–Crippen LogP) is 5.50. The van der Waals surface area contributed by atoms with Gasteiger partial charge in [0.1, 0.15) is 0 Å². The molecule has 1 aliphatic heterocycles. The van der Waals surface area contributed by atoms with Crippen LogP contribution >= 0.6 is 0 Å². The summed E-state index contributed by atoms with van der Waals surface area (Å²) in [5, 5.41) is 10.9. The van der Waals surface area contributed by atoms with E-state index in [9.17, 15) is 22.8 Å². The molecule has 0 radical (unpaired) electrons. The van der Waals surface area contributed by atoms with Crippen molar-refractivity contribution < 1.29 is 37.4 Å². The van der Waals surface area contributed by atoms with Crippen LogP contribution in [0.2, 0.25) is 0 Å². The molecule has 0 unspecified atom stereocenters. The number of nitrogens with two attached hydrogens (primary N) is 1. The number of carboxylic acid groups (broad SMARTS) is 1. The second kappa shape index (κ2) is 13.6. The predicted molar refractivity (Wildman–Crippen MR) is 161 cm³/mol. The Morgan fingerprint density at radius 2 is 1.73 bits per heavy atom. The largest absolute Gasteiger partial charge is 0.490 e. The molecule has 5 N–H and O–H groups in total. The van der Waals surface area contributed by atoms with Crippen LogP contribution in [0.3, 0.4) is 0 Å². The number of nitrogens with zero attached hydrogens (tertiary/aromatic N) is 1. The van der Waals surface area contributed by atoms with E-state index in [1.54, 1.807) is 6.07 Å². The molecule has 2 heterocycles. The van der Waals surface area contributed by atoms with E-state index in [4.69, 9.17) is 20.4 Å². The number of primary amides is 1. The van der Waals surface area contributed by atoms with E-state index in [1.807, 2.05) is 31.2 Å². The number of fused-ring (bicyclic) bond motifs is 1. The Morgan fingerprint density at radius 3 is 2.32 bits per heavy atom. The highest BCUT2D eigenvalue weighted by molar-refractivity contribution is 6.11. The van der Waals surface area contributed by atoms with Crippen molar-refractivity contribution in [2.45, 2.75) is 19.6 Å². The Bertz CT molecular complexity index is 1690.